The van der Waals surface area contributed by atoms with E-state index in [4.69, 9.17) is 19.4 Å². The summed E-state index contributed by atoms with van der Waals surface area (Å²) in [7, 11) is 0. The van der Waals surface area contributed by atoms with Crippen molar-refractivity contribution in [3.8, 4) is 39.9 Å². The minimum atomic E-state index is 0.579. The minimum Gasteiger partial charge on any atom is -0.456 e. The van der Waals surface area contributed by atoms with Crippen LogP contribution < -0.4 is 0 Å². The zero-order chi connectivity index (χ0) is 34.2. The van der Waals surface area contributed by atoms with Crippen LogP contribution in [0, 0.1) is 0 Å². The van der Waals surface area contributed by atoms with Gasteiger partial charge in [0.05, 0.1) is 22.3 Å². The molecule has 0 fully saturated rings. The second-order valence-electron chi connectivity index (χ2n) is 13.2. The van der Waals surface area contributed by atoms with Crippen molar-refractivity contribution >= 4 is 65.3 Å². The summed E-state index contributed by atoms with van der Waals surface area (Å²) in [4.78, 5) is 15.9. The summed E-state index contributed by atoms with van der Waals surface area (Å²) in [5.74, 6) is 1.80. The van der Waals surface area contributed by atoms with E-state index in [9.17, 15) is 0 Å². The summed E-state index contributed by atoms with van der Waals surface area (Å²) in [6.07, 6.45) is 0. The van der Waals surface area contributed by atoms with Crippen molar-refractivity contribution in [1.29, 1.82) is 0 Å². The molecule has 0 aliphatic heterocycles. The highest BCUT2D eigenvalue weighted by Crippen LogP contribution is 2.43. The van der Waals surface area contributed by atoms with E-state index in [1.54, 1.807) is 0 Å². The van der Waals surface area contributed by atoms with Crippen LogP contribution in [0.5, 0.6) is 0 Å². The smallest absolute Gasteiger partial charge is 0.166 e. The molecule has 52 heavy (non-hydrogen) atoms. The molecule has 0 bridgehead atoms. The number of benzene rings is 8. The molecule has 242 valence electrons. The number of rotatable bonds is 4. The van der Waals surface area contributed by atoms with E-state index in [1.807, 2.05) is 30.3 Å². The topological polar surface area (TPSA) is 56.7 Å². The number of nitrogens with zero attached hydrogens (tertiary/aromatic N) is 4. The monoisotopic (exact) mass is 664 g/mol. The van der Waals surface area contributed by atoms with Gasteiger partial charge in [-0.05, 0) is 57.9 Å². The van der Waals surface area contributed by atoms with Crippen molar-refractivity contribution < 1.29 is 4.42 Å². The molecule has 0 spiro atoms. The number of hydrogen-bond donors (Lipinski definition) is 0. The Hall–Kier alpha value is -7.11. The molecule has 3 heterocycles. The van der Waals surface area contributed by atoms with Crippen molar-refractivity contribution in [3.05, 3.63) is 170 Å². The van der Waals surface area contributed by atoms with Gasteiger partial charge in [0.25, 0.3) is 0 Å². The molecule has 5 nitrogen and oxygen atoms in total. The van der Waals surface area contributed by atoms with Gasteiger partial charge < -0.3 is 8.98 Å². The van der Waals surface area contributed by atoms with Gasteiger partial charge in [0.1, 0.15) is 11.2 Å². The van der Waals surface area contributed by atoms with E-state index < -0.39 is 0 Å². The Morgan fingerprint density at radius 2 is 1.06 bits per heavy atom. The number of fused-ring (bicyclic) bond motifs is 8. The van der Waals surface area contributed by atoms with Crippen LogP contribution in [-0.2, 0) is 0 Å². The lowest BCUT2D eigenvalue weighted by molar-refractivity contribution is 0.669. The predicted molar refractivity (Wildman–Crippen MR) is 213 cm³/mol. The molecule has 3 aromatic heterocycles. The normalized spacial score (nSPS) is 11.8. The van der Waals surface area contributed by atoms with Gasteiger partial charge in [-0.1, -0.05) is 133 Å². The van der Waals surface area contributed by atoms with Crippen LogP contribution >= 0.6 is 0 Å². The molecule has 0 saturated heterocycles. The molecule has 0 unspecified atom stereocenters. The SMILES string of the molecule is c1ccc(-c2nc(-c3cccc4ccccc34)nc(-c3c(-n4c5ccccc5c5cc6ccccc6cc54)ccc4oc5ccccc5c34)n2)cc1. The minimum absolute atomic E-state index is 0.579. The van der Waals surface area contributed by atoms with Gasteiger partial charge >= 0.3 is 0 Å². The number of para-hydroxylation sites is 2. The summed E-state index contributed by atoms with van der Waals surface area (Å²) in [6.45, 7) is 0. The van der Waals surface area contributed by atoms with Crippen LogP contribution in [0.2, 0.25) is 0 Å². The fraction of sp³-hybridized carbons (Fsp3) is 0. The molecule has 11 rings (SSSR count). The zero-order valence-electron chi connectivity index (χ0n) is 27.9. The molecule has 0 aliphatic rings. The van der Waals surface area contributed by atoms with E-state index in [-0.39, 0.29) is 0 Å². The van der Waals surface area contributed by atoms with Crippen LogP contribution in [0.15, 0.2) is 174 Å². The lowest BCUT2D eigenvalue weighted by atomic mass is 10.0. The van der Waals surface area contributed by atoms with Crippen molar-refractivity contribution in [2.75, 3.05) is 0 Å². The van der Waals surface area contributed by atoms with Crippen LogP contribution in [0.1, 0.15) is 0 Å². The van der Waals surface area contributed by atoms with E-state index in [0.29, 0.717) is 17.5 Å². The summed E-state index contributed by atoms with van der Waals surface area (Å²) >= 11 is 0. The van der Waals surface area contributed by atoms with Gasteiger partial charge in [-0.2, -0.15) is 0 Å². The Labute approximate surface area is 298 Å². The highest BCUT2D eigenvalue weighted by atomic mass is 16.3. The van der Waals surface area contributed by atoms with Crippen LogP contribution in [0.3, 0.4) is 0 Å². The predicted octanol–water partition coefficient (Wildman–Crippen LogP) is 12.2. The van der Waals surface area contributed by atoms with Gasteiger partial charge in [-0.3, -0.25) is 0 Å². The molecule has 11 aromatic rings. The molecular formula is C47H28N4O. The van der Waals surface area contributed by atoms with Crippen molar-refractivity contribution in [2.45, 2.75) is 0 Å². The molecule has 0 atom stereocenters. The maximum atomic E-state index is 6.53. The molecular weight excluding hydrogens is 637 g/mol. The molecule has 0 saturated carbocycles. The Morgan fingerprint density at radius 1 is 0.404 bits per heavy atom. The highest BCUT2D eigenvalue weighted by molar-refractivity contribution is 6.17. The Kier molecular flexibility index (Phi) is 6.18. The maximum Gasteiger partial charge on any atom is 0.166 e. The van der Waals surface area contributed by atoms with Crippen LogP contribution in [0.25, 0.3) is 105 Å². The first-order chi connectivity index (χ1) is 25.8. The van der Waals surface area contributed by atoms with Gasteiger partial charge in [0, 0.05) is 32.7 Å². The van der Waals surface area contributed by atoms with E-state index in [1.165, 1.54) is 21.5 Å². The zero-order valence-corrected chi connectivity index (χ0v) is 27.9. The third kappa shape index (κ3) is 4.33. The summed E-state index contributed by atoms with van der Waals surface area (Å²) in [6, 6.07) is 59.1. The van der Waals surface area contributed by atoms with Crippen LogP contribution in [-0.4, -0.2) is 19.5 Å². The van der Waals surface area contributed by atoms with Gasteiger partial charge in [-0.15, -0.1) is 0 Å². The average molecular weight is 665 g/mol. The fourth-order valence-electron chi connectivity index (χ4n) is 7.88. The van der Waals surface area contributed by atoms with Crippen molar-refractivity contribution in [1.82, 2.24) is 19.5 Å². The quantitative estimate of drug-likeness (QED) is 0.188. The first-order valence-corrected chi connectivity index (χ1v) is 17.5. The fourth-order valence-corrected chi connectivity index (χ4v) is 7.88. The number of aromatic nitrogens is 4. The maximum absolute atomic E-state index is 6.53. The lowest BCUT2D eigenvalue weighted by Gasteiger charge is -2.16. The summed E-state index contributed by atoms with van der Waals surface area (Å²) in [5, 5.41) is 8.95. The molecule has 8 aromatic carbocycles. The Morgan fingerprint density at radius 3 is 1.92 bits per heavy atom. The van der Waals surface area contributed by atoms with Crippen LogP contribution in [0.4, 0.5) is 0 Å². The van der Waals surface area contributed by atoms with E-state index in [0.717, 1.165) is 66.1 Å². The molecule has 0 radical (unpaired) electrons. The number of hydrogen-bond acceptors (Lipinski definition) is 4. The molecule has 5 heteroatoms. The molecule has 0 N–H and O–H groups in total. The third-order valence-electron chi connectivity index (χ3n) is 10.2. The van der Waals surface area contributed by atoms with Gasteiger partial charge in [0.15, 0.2) is 17.5 Å². The second kappa shape index (κ2) is 11.2. The average Bonchev–Trinajstić information content (AvgIpc) is 3.75. The highest BCUT2D eigenvalue weighted by Gasteiger charge is 2.24. The van der Waals surface area contributed by atoms with Crippen molar-refractivity contribution in [2.24, 2.45) is 0 Å². The van der Waals surface area contributed by atoms with E-state index >= 15 is 0 Å². The van der Waals surface area contributed by atoms with Crippen molar-refractivity contribution in [3.63, 3.8) is 0 Å². The standard InChI is InChI=1S/C47H28N4O/c1-2-14-30(15-3-1)45-48-46(35-22-12-18-29-13-6-7-19-33(29)35)50-47(49-45)44-39(25-26-42-43(44)36-21-9-11-24-41(36)52-42)51-38-23-10-8-20-34(38)37-27-31-16-4-5-17-32(31)28-40(37)51/h1-28H. The Balaban J connectivity index is 1.31. The third-order valence-corrected chi connectivity index (χ3v) is 10.2. The Bertz CT molecular complexity index is 3190. The second-order valence-corrected chi connectivity index (χ2v) is 13.2. The lowest BCUT2D eigenvalue weighted by Crippen LogP contribution is -2.04. The summed E-state index contributed by atoms with van der Waals surface area (Å²) in [5.41, 5.74) is 7.53. The summed E-state index contributed by atoms with van der Waals surface area (Å²) < 4.78 is 8.90. The van der Waals surface area contributed by atoms with Gasteiger partial charge in [-0.25, -0.2) is 15.0 Å². The largest absolute Gasteiger partial charge is 0.456 e. The first kappa shape index (κ1) is 28.7. The van der Waals surface area contributed by atoms with E-state index in [2.05, 4.69) is 144 Å². The number of furan rings is 1. The molecule has 0 amide bonds. The first-order valence-electron chi connectivity index (χ1n) is 17.5. The van der Waals surface area contributed by atoms with Gasteiger partial charge in [0.2, 0.25) is 0 Å². The molecule has 0 aliphatic carbocycles.